The fraction of sp³-hybridized carbons (Fsp3) is 0.391. The zero-order chi connectivity index (χ0) is 19.4. The Morgan fingerprint density at radius 3 is 2.79 bits per heavy atom. The number of carbonyl (C=O) groups is 1. The lowest BCUT2D eigenvalue weighted by molar-refractivity contribution is 0.0906. The van der Waals surface area contributed by atoms with Crippen molar-refractivity contribution in [1.82, 2.24) is 15.1 Å². The number of aryl methyl sites for hydroxylation is 1. The average molecular weight is 377 g/mol. The third kappa shape index (κ3) is 4.03. The SMILES string of the molecule is Cc1cccc(C2(CNC(=O)c3ccc(Cn4cccn4)o3)CCCCC2)c1. The van der Waals surface area contributed by atoms with Crippen LogP contribution in [0.25, 0.3) is 0 Å². The number of aromatic nitrogens is 2. The van der Waals surface area contributed by atoms with Gasteiger partial charge >= 0.3 is 0 Å². The van der Waals surface area contributed by atoms with Gasteiger partial charge in [0, 0.05) is 24.4 Å². The molecule has 0 spiro atoms. The second kappa shape index (κ2) is 8.05. The Morgan fingerprint density at radius 2 is 2.04 bits per heavy atom. The Hall–Kier alpha value is -2.82. The summed E-state index contributed by atoms with van der Waals surface area (Å²) in [6.07, 6.45) is 9.51. The quantitative estimate of drug-likeness (QED) is 0.690. The molecule has 1 fully saturated rings. The van der Waals surface area contributed by atoms with Crippen molar-refractivity contribution in [2.24, 2.45) is 0 Å². The summed E-state index contributed by atoms with van der Waals surface area (Å²) in [6, 6.07) is 14.2. The van der Waals surface area contributed by atoms with Crippen LogP contribution in [0.2, 0.25) is 0 Å². The maximum Gasteiger partial charge on any atom is 0.287 e. The van der Waals surface area contributed by atoms with Gasteiger partial charge < -0.3 is 9.73 Å². The molecular weight excluding hydrogens is 350 g/mol. The van der Waals surface area contributed by atoms with Gasteiger partial charge in [-0.25, -0.2) is 0 Å². The van der Waals surface area contributed by atoms with Gasteiger partial charge in [-0.15, -0.1) is 0 Å². The molecule has 0 radical (unpaired) electrons. The lowest BCUT2D eigenvalue weighted by atomic mass is 9.69. The molecule has 4 rings (SSSR count). The lowest BCUT2D eigenvalue weighted by Gasteiger charge is -2.38. The van der Waals surface area contributed by atoms with E-state index in [-0.39, 0.29) is 11.3 Å². The number of furan rings is 1. The summed E-state index contributed by atoms with van der Waals surface area (Å²) < 4.78 is 7.52. The number of rotatable bonds is 6. The van der Waals surface area contributed by atoms with E-state index in [1.807, 2.05) is 18.3 Å². The van der Waals surface area contributed by atoms with Crippen molar-refractivity contribution in [3.63, 3.8) is 0 Å². The van der Waals surface area contributed by atoms with Crippen molar-refractivity contribution in [1.29, 1.82) is 0 Å². The molecule has 5 heteroatoms. The summed E-state index contributed by atoms with van der Waals surface area (Å²) in [4.78, 5) is 12.7. The number of hydrogen-bond acceptors (Lipinski definition) is 3. The second-order valence-corrected chi connectivity index (χ2v) is 7.86. The maximum atomic E-state index is 12.7. The molecule has 2 heterocycles. The summed E-state index contributed by atoms with van der Waals surface area (Å²) in [5.74, 6) is 0.932. The highest BCUT2D eigenvalue weighted by Gasteiger charge is 2.34. The van der Waals surface area contributed by atoms with E-state index in [1.54, 1.807) is 16.9 Å². The molecule has 1 aliphatic rings. The molecule has 1 aliphatic carbocycles. The maximum absolute atomic E-state index is 12.7. The summed E-state index contributed by atoms with van der Waals surface area (Å²) in [5, 5.41) is 7.31. The third-order valence-corrected chi connectivity index (χ3v) is 5.79. The first kappa shape index (κ1) is 18.5. The van der Waals surface area contributed by atoms with E-state index in [2.05, 4.69) is 41.6 Å². The second-order valence-electron chi connectivity index (χ2n) is 7.86. The van der Waals surface area contributed by atoms with E-state index in [1.165, 1.54) is 30.4 Å². The molecule has 0 unspecified atom stereocenters. The standard InChI is InChI=1S/C23H27N3O2/c1-18-7-5-8-19(15-18)23(11-3-2-4-12-23)17-24-22(27)21-10-9-20(28-21)16-26-14-6-13-25-26/h5-10,13-15H,2-4,11-12,16-17H2,1H3,(H,24,27). The van der Waals surface area contributed by atoms with Crippen molar-refractivity contribution >= 4 is 5.91 Å². The van der Waals surface area contributed by atoms with E-state index in [0.29, 0.717) is 18.8 Å². The van der Waals surface area contributed by atoms with Crippen molar-refractivity contribution in [2.75, 3.05) is 6.54 Å². The molecule has 0 saturated heterocycles. The van der Waals surface area contributed by atoms with Crippen LogP contribution in [0.5, 0.6) is 0 Å². The Balaban J connectivity index is 1.45. The molecule has 28 heavy (non-hydrogen) atoms. The van der Waals surface area contributed by atoms with Crippen LogP contribution in [0.4, 0.5) is 0 Å². The number of benzene rings is 1. The Morgan fingerprint density at radius 1 is 1.18 bits per heavy atom. The lowest BCUT2D eigenvalue weighted by Crippen LogP contribution is -2.42. The van der Waals surface area contributed by atoms with Crippen LogP contribution in [0, 0.1) is 6.92 Å². The van der Waals surface area contributed by atoms with Gasteiger partial charge in [0.1, 0.15) is 5.76 Å². The van der Waals surface area contributed by atoms with Crippen molar-refractivity contribution in [3.05, 3.63) is 77.5 Å². The molecule has 2 aromatic heterocycles. The summed E-state index contributed by atoms with van der Waals surface area (Å²) in [6.45, 7) is 3.29. The Kier molecular flexibility index (Phi) is 5.33. The average Bonchev–Trinajstić information content (AvgIpc) is 3.39. The van der Waals surface area contributed by atoms with Gasteiger partial charge in [-0.1, -0.05) is 49.1 Å². The Bertz CT molecular complexity index is 921. The summed E-state index contributed by atoms with van der Waals surface area (Å²) in [7, 11) is 0. The van der Waals surface area contributed by atoms with Gasteiger partial charge in [0.2, 0.25) is 0 Å². The third-order valence-electron chi connectivity index (χ3n) is 5.79. The van der Waals surface area contributed by atoms with Crippen molar-refractivity contribution < 1.29 is 9.21 Å². The topological polar surface area (TPSA) is 60.1 Å². The van der Waals surface area contributed by atoms with E-state index in [9.17, 15) is 4.79 Å². The van der Waals surface area contributed by atoms with Crippen LogP contribution in [-0.2, 0) is 12.0 Å². The van der Waals surface area contributed by atoms with Crippen LogP contribution in [0.1, 0.15) is 59.5 Å². The molecule has 0 atom stereocenters. The van der Waals surface area contributed by atoms with Gasteiger partial charge in [0.25, 0.3) is 5.91 Å². The highest BCUT2D eigenvalue weighted by atomic mass is 16.4. The first-order chi connectivity index (χ1) is 13.6. The van der Waals surface area contributed by atoms with Gasteiger partial charge in [-0.2, -0.15) is 5.10 Å². The van der Waals surface area contributed by atoms with Crippen LogP contribution in [0.15, 0.2) is 59.3 Å². The number of nitrogens with zero attached hydrogens (tertiary/aromatic N) is 2. The summed E-state index contributed by atoms with van der Waals surface area (Å²) >= 11 is 0. The van der Waals surface area contributed by atoms with E-state index >= 15 is 0 Å². The van der Waals surface area contributed by atoms with Crippen LogP contribution in [-0.4, -0.2) is 22.2 Å². The molecular formula is C23H27N3O2. The molecule has 5 nitrogen and oxygen atoms in total. The van der Waals surface area contributed by atoms with Crippen LogP contribution in [0.3, 0.4) is 0 Å². The minimum Gasteiger partial charge on any atom is -0.454 e. The zero-order valence-corrected chi connectivity index (χ0v) is 16.4. The number of amides is 1. The molecule has 0 aliphatic heterocycles. The summed E-state index contributed by atoms with van der Waals surface area (Å²) in [5.41, 5.74) is 2.62. The molecule has 146 valence electrons. The molecule has 1 saturated carbocycles. The van der Waals surface area contributed by atoms with Crippen LogP contribution >= 0.6 is 0 Å². The molecule has 0 bridgehead atoms. The number of hydrogen-bond donors (Lipinski definition) is 1. The zero-order valence-electron chi connectivity index (χ0n) is 16.4. The van der Waals surface area contributed by atoms with E-state index in [4.69, 9.17) is 4.42 Å². The smallest absolute Gasteiger partial charge is 0.287 e. The largest absolute Gasteiger partial charge is 0.454 e. The monoisotopic (exact) mass is 377 g/mol. The van der Waals surface area contributed by atoms with Crippen molar-refractivity contribution in [2.45, 2.75) is 51.0 Å². The predicted molar refractivity (Wildman–Crippen MR) is 108 cm³/mol. The van der Waals surface area contributed by atoms with Gasteiger partial charge in [0.15, 0.2) is 5.76 Å². The first-order valence-corrected chi connectivity index (χ1v) is 10.1. The highest BCUT2D eigenvalue weighted by molar-refractivity contribution is 5.91. The fourth-order valence-electron chi connectivity index (χ4n) is 4.25. The van der Waals surface area contributed by atoms with Crippen LogP contribution < -0.4 is 5.32 Å². The number of carbonyl (C=O) groups excluding carboxylic acids is 1. The Labute approximate surface area is 165 Å². The minimum atomic E-state index is -0.149. The molecule has 1 N–H and O–H groups in total. The van der Waals surface area contributed by atoms with Gasteiger partial charge in [0.05, 0.1) is 6.54 Å². The van der Waals surface area contributed by atoms with E-state index < -0.39 is 0 Å². The predicted octanol–water partition coefficient (Wildman–Crippen LogP) is 4.46. The van der Waals surface area contributed by atoms with Crippen molar-refractivity contribution in [3.8, 4) is 0 Å². The fourth-order valence-corrected chi connectivity index (χ4v) is 4.25. The van der Waals surface area contributed by atoms with Gasteiger partial charge in [-0.3, -0.25) is 9.48 Å². The number of nitrogens with one attached hydrogen (secondary N) is 1. The highest BCUT2D eigenvalue weighted by Crippen LogP contribution is 2.39. The molecule has 3 aromatic rings. The van der Waals surface area contributed by atoms with Gasteiger partial charge in [-0.05, 0) is 43.5 Å². The molecule has 1 aromatic carbocycles. The van der Waals surface area contributed by atoms with E-state index in [0.717, 1.165) is 18.6 Å². The molecule has 1 amide bonds. The first-order valence-electron chi connectivity index (χ1n) is 10.1. The minimum absolute atomic E-state index is 0.0183. The normalized spacial score (nSPS) is 16.0.